The second-order valence-corrected chi connectivity index (χ2v) is 7.63. The molecule has 0 atom stereocenters. The maximum Gasteiger partial charge on any atom is 1.00 e. The topological polar surface area (TPSA) is 65.5 Å². The Bertz CT molecular complexity index is 1140. The molecule has 1 aliphatic heterocycles. The number of aromatic nitrogens is 1. The van der Waals surface area contributed by atoms with E-state index in [1.165, 1.54) is 18.3 Å². The summed E-state index contributed by atoms with van der Waals surface area (Å²) in [6.07, 6.45) is 4.46. The van der Waals surface area contributed by atoms with Crippen LogP contribution < -0.4 is 44.3 Å². The first kappa shape index (κ1) is 24.2. The van der Waals surface area contributed by atoms with Crippen LogP contribution in [0.5, 0.6) is 5.75 Å². The van der Waals surface area contributed by atoms with Crippen molar-refractivity contribution in [2.75, 3.05) is 11.4 Å². The van der Waals surface area contributed by atoms with Gasteiger partial charge in [-0.25, -0.2) is 8.78 Å². The van der Waals surface area contributed by atoms with Gasteiger partial charge in [-0.15, -0.1) is 0 Å². The maximum atomic E-state index is 14.0. The van der Waals surface area contributed by atoms with Crippen LogP contribution in [0.4, 0.5) is 14.5 Å². The number of carboxylic acids is 1. The number of carboxylic acid groups (broad SMARTS) is 1. The van der Waals surface area contributed by atoms with E-state index in [9.17, 15) is 18.7 Å². The van der Waals surface area contributed by atoms with Crippen LogP contribution in [0.3, 0.4) is 0 Å². The van der Waals surface area contributed by atoms with Crippen LogP contribution in [0, 0.1) is 18.6 Å². The van der Waals surface area contributed by atoms with E-state index in [1.54, 1.807) is 6.20 Å². The Hall–Kier alpha value is -2.48. The van der Waals surface area contributed by atoms with Crippen molar-refractivity contribution in [1.82, 2.24) is 4.98 Å². The molecular weight excluding hydrogens is 425 g/mol. The molecule has 0 fully saturated rings. The van der Waals surface area contributed by atoms with Gasteiger partial charge in [0.05, 0.1) is 17.9 Å². The Morgan fingerprint density at radius 1 is 1.16 bits per heavy atom. The van der Waals surface area contributed by atoms with Gasteiger partial charge in [0.25, 0.3) is 0 Å². The van der Waals surface area contributed by atoms with Crippen LogP contribution in [0.25, 0.3) is 0 Å². The number of aromatic carboxylic acids is 1. The standard InChI is InChI=1S/C24H22F2N2O3.Na/c1-15-4-7-23(31-14-16-5-6-18(25)10-21(16)26)17(9-15)13-28-8-2-3-19-20(24(29)30)11-27-12-22(19)28;/h4-7,9-12H,2-3,8,13-14H2,1H3,(H,29,30);/q;+1/p-1. The number of anilines is 1. The normalized spacial score (nSPS) is 12.7. The Morgan fingerprint density at radius 2 is 1.97 bits per heavy atom. The Balaban J connectivity index is 0.00000289. The van der Waals surface area contributed by atoms with Gasteiger partial charge >= 0.3 is 29.6 Å². The number of fused-ring (bicyclic) bond motifs is 1. The molecular formula is C24H21F2N2NaO3. The maximum absolute atomic E-state index is 14.0. The van der Waals surface area contributed by atoms with Gasteiger partial charge in [0, 0.05) is 42.0 Å². The number of halogens is 2. The van der Waals surface area contributed by atoms with E-state index in [0.29, 0.717) is 18.7 Å². The van der Waals surface area contributed by atoms with Crippen molar-refractivity contribution in [3.8, 4) is 5.75 Å². The van der Waals surface area contributed by atoms with E-state index in [4.69, 9.17) is 4.74 Å². The van der Waals surface area contributed by atoms with Gasteiger partial charge in [-0.3, -0.25) is 4.98 Å². The molecule has 3 aromatic rings. The van der Waals surface area contributed by atoms with E-state index < -0.39 is 17.6 Å². The summed E-state index contributed by atoms with van der Waals surface area (Å²) in [5.41, 5.74) is 3.80. The van der Waals surface area contributed by atoms with E-state index in [0.717, 1.165) is 41.4 Å². The van der Waals surface area contributed by atoms with Crippen molar-refractivity contribution in [1.29, 1.82) is 0 Å². The molecule has 0 bridgehead atoms. The fourth-order valence-electron chi connectivity index (χ4n) is 3.89. The van der Waals surface area contributed by atoms with Gasteiger partial charge < -0.3 is 19.5 Å². The van der Waals surface area contributed by atoms with Gasteiger partial charge in [0.1, 0.15) is 24.0 Å². The van der Waals surface area contributed by atoms with Gasteiger partial charge in [-0.05, 0) is 43.5 Å². The van der Waals surface area contributed by atoms with Gasteiger partial charge in [0.2, 0.25) is 0 Å². The number of ether oxygens (including phenoxy) is 1. The first-order chi connectivity index (χ1) is 14.9. The van der Waals surface area contributed by atoms with Crippen molar-refractivity contribution in [3.63, 3.8) is 0 Å². The zero-order valence-electron chi connectivity index (χ0n) is 18.0. The molecule has 1 aliphatic rings. The summed E-state index contributed by atoms with van der Waals surface area (Å²) in [4.78, 5) is 17.6. The van der Waals surface area contributed by atoms with Crippen molar-refractivity contribution in [2.24, 2.45) is 0 Å². The summed E-state index contributed by atoms with van der Waals surface area (Å²) in [5.74, 6) is -1.93. The third kappa shape index (κ3) is 5.28. The van der Waals surface area contributed by atoms with Gasteiger partial charge in [0.15, 0.2) is 0 Å². The molecule has 0 saturated carbocycles. The van der Waals surface area contributed by atoms with Crippen LogP contribution in [0.1, 0.15) is 39.0 Å². The number of hydrogen-bond donors (Lipinski definition) is 0. The third-order valence-electron chi connectivity index (χ3n) is 5.43. The van der Waals surface area contributed by atoms with Crippen molar-refractivity contribution >= 4 is 11.7 Å². The van der Waals surface area contributed by atoms with Crippen LogP contribution in [0.15, 0.2) is 48.8 Å². The molecule has 4 rings (SSSR count). The second-order valence-electron chi connectivity index (χ2n) is 7.63. The fourth-order valence-corrected chi connectivity index (χ4v) is 3.89. The Labute approximate surface area is 207 Å². The second kappa shape index (κ2) is 10.4. The number of nitrogens with zero attached hydrogens (tertiary/aromatic N) is 2. The molecule has 160 valence electrons. The molecule has 2 heterocycles. The third-order valence-corrected chi connectivity index (χ3v) is 5.43. The first-order valence-corrected chi connectivity index (χ1v) is 10.0. The number of carbonyl (C=O) groups excluding carboxylic acids is 1. The summed E-state index contributed by atoms with van der Waals surface area (Å²) < 4.78 is 33.0. The van der Waals surface area contributed by atoms with E-state index in [1.807, 2.05) is 25.1 Å². The summed E-state index contributed by atoms with van der Waals surface area (Å²) in [5, 5.41) is 11.5. The van der Waals surface area contributed by atoms with Crippen molar-refractivity contribution in [2.45, 2.75) is 32.9 Å². The van der Waals surface area contributed by atoms with Gasteiger partial charge in [-0.1, -0.05) is 17.7 Å². The average Bonchev–Trinajstić information content (AvgIpc) is 2.74. The SMILES string of the molecule is Cc1ccc(OCc2ccc(F)cc2F)c(CN2CCCc3c(C(=O)[O-])cncc32)c1.[Na+]. The molecule has 0 aliphatic carbocycles. The van der Waals surface area contributed by atoms with Gasteiger partial charge in [-0.2, -0.15) is 0 Å². The molecule has 32 heavy (non-hydrogen) atoms. The number of aryl methyl sites for hydroxylation is 1. The number of rotatable bonds is 6. The summed E-state index contributed by atoms with van der Waals surface area (Å²) in [6.45, 7) is 3.15. The van der Waals surface area contributed by atoms with Crippen LogP contribution >= 0.6 is 0 Å². The minimum Gasteiger partial charge on any atom is -0.545 e. The van der Waals surface area contributed by atoms with Crippen LogP contribution in [-0.4, -0.2) is 17.5 Å². The zero-order chi connectivity index (χ0) is 22.0. The number of pyridine rings is 1. The molecule has 0 amide bonds. The zero-order valence-corrected chi connectivity index (χ0v) is 20.0. The monoisotopic (exact) mass is 446 g/mol. The average molecular weight is 446 g/mol. The number of carbonyl (C=O) groups is 1. The Kier molecular flexibility index (Phi) is 7.87. The molecule has 0 unspecified atom stereocenters. The molecule has 0 saturated heterocycles. The molecule has 0 N–H and O–H groups in total. The molecule has 1 aromatic heterocycles. The van der Waals surface area contributed by atoms with E-state index >= 15 is 0 Å². The van der Waals surface area contributed by atoms with Crippen molar-refractivity contribution < 1.29 is 53.0 Å². The summed E-state index contributed by atoms with van der Waals surface area (Å²) in [7, 11) is 0. The van der Waals surface area contributed by atoms with Crippen molar-refractivity contribution in [3.05, 3.63) is 88.2 Å². The largest absolute Gasteiger partial charge is 1.00 e. The molecule has 8 heteroatoms. The molecule has 5 nitrogen and oxygen atoms in total. The fraction of sp³-hybridized carbons (Fsp3) is 0.250. The predicted molar refractivity (Wildman–Crippen MR) is 110 cm³/mol. The smallest absolute Gasteiger partial charge is 0.545 e. The molecule has 2 aromatic carbocycles. The Morgan fingerprint density at radius 3 is 2.72 bits per heavy atom. The first-order valence-electron chi connectivity index (χ1n) is 10.0. The predicted octanol–water partition coefficient (Wildman–Crippen LogP) is 0.568. The summed E-state index contributed by atoms with van der Waals surface area (Å²) in [6, 6.07) is 9.12. The number of hydrogen-bond acceptors (Lipinski definition) is 5. The molecule has 0 radical (unpaired) electrons. The van der Waals surface area contributed by atoms with Crippen LogP contribution in [0.2, 0.25) is 0 Å². The quantitative estimate of drug-likeness (QED) is 0.518. The number of benzene rings is 2. The minimum absolute atomic E-state index is 0. The van der Waals surface area contributed by atoms with E-state index in [-0.39, 0.29) is 47.3 Å². The molecule has 0 spiro atoms. The summed E-state index contributed by atoms with van der Waals surface area (Å²) >= 11 is 0. The minimum atomic E-state index is -1.23. The van der Waals surface area contributed by atoms with E-state index in [2.05, 4.69) is 9.88 Å². The van der Waals surface area contributed by atoms with Crippen LogP contribution in [-0.2, 0) is 19.6 Å².